The van der Waals surface area contributed by atoms with E-state index in [2.05, 4.69) is 25.9 Å². The number of aromatic carboxylic acids is 1. The molecule has 1 aliphatic heterocycles. The predicted molar refractivity (Wildman–Crippen MR) is 85.9 cm³/mol. The minimum Gasteiger partial charge on any atom is -0.478 e. The third-order valence-corrected chi connectivity index (χ3v) is 4.39. The number of carbonyl (C=O) groups is 2. The number of H-pyrrole nitrogens is 1. The SMILES string of the molecule is O=C(O)c1c(F)cc(NC(=O)N2CCC(C(F)(F)F)CC2)cc1-c1nn[nH]n1. The van der Waals surface area contributed by atoms with Gasteiger partial charge in [-0.3, -0.25) is 0 Å². The third kappa shape index (κ3) is 4.02. The first-order valence-electron chi connectivity index (χ1n) is 8.10. The fraction of sp³-hybridized carbons (Fsp3) is 0.400. The molecule has 2 aromatic rings. The van der Waals surface area contributed by atoms with Gasteiger partial charge in [0, 0.05) is 24.3 Å². The van der Waals surface area contributed by atoms with Crippen LogP contribution in [-0.4, -0.2) is 61.9 Å². The molecule has 0 saturated carbocycles. The van der Waals surface area contributed by atoms with Gasteiger partial charge in [0.2, 0.25) is 5.82 Å². The average molecular weight is 402 g/mol. The number of urea groups is 1. The number of alkyl halides is 3. The average Bonchev–Trinajstić information content (AvgIpc) is 3.14. The summed E-state index contributed by atoms with van der Waals surface area (Å²) in [7, 11) is 0. The standard InChI is InChI=1S/C15H14F4N6O3/c16-10-6-8(5-9(11(10)13(26)27)12-21-23-24-22-12)20-14(28)25-3-1-7(2-4-25)15(17,18)19/h5-7H,1-4H2,(H,20,28)(H,26,27)(H,21,22,23,24). The van der Waals surface area contributed by atoms with Gasteiger partial charge in [0.05, 0.1) is 5.92 Å². The molecule has 1 saturated heterocycles. The number of piperidine rings is 1. The van der Waals surface area contributed by atoms with Crippen molar-refractivity contribution in [2.75, 3.05) is 18.4 Å². The van der Waals surface area contributed by atoms with Crippen molar-refractivity contribution in [3.05, 3.63) is 23.5 Å². The highest BCUT2D eigenvalue weighted by Crippen LogP contribution is 2.34. The summed E-state index contributed by atoms with van der Waals surface area (Å²) in [6.45, 7) is -0.215. The molecule has 1 aromatic carbocycles. The van der Waals surface area contributed by atoms with Crippen molar-refractivity contribution >= 4 is 17.7 Å². The second kappa shape index (κ2) is 7.40. The molecule has 0 radical (unpaired) electrons. The molecule has 2 heterocycles. The lowest BCUT2D eigenvalue weighted by atomic mass is 9.96. The number of benzene rings is 1. The van der Waals surface area contributed by atoms with Gasteiger partial charge in [-0.2, -0.15) is 18.4 Å². The number of nitrogens with one attached hydrogen (secondary N) is 2. The van der Waals surface area contributed by atoms with Crippen LogP contribution in [-0.2, 0) is 0 Å². The summed E-state index contributed by atoms with van der Waals surface area (Å²) in [6.07, 6.45) is -4.76. The molecule has 13 heteroatoms. The number of amides is 2. The van der Waals surface area contributed by atoms with E-state index in [4.69, 9.17) is 0 Å². The zero-order valence-corrected chi connectivity index (χ0v) is 14.1. The number of carboxylic acids is 1. The highest BCUT2D eigenvalue weighted by atomic mass is 19.4. The van der Waals surface area contributed by atoms with Crippen LogP contribution in [0.5, 0.6) is 0 Å². The van der Waals surface area contributed by atoms with Gasteiger partial charge in [-0.25, -0.2) is 14.0 Å². The van der Waals surface area contributed by atoms with Gasteiger partial charge in [-0.1, -0.05) is 0 Å². The number of hydrogen-bond donors (Lipinski definition) is 3. The molecule has 28 heavy (non-hydrogen) atoms. The van der Waals surface area contributed by atoms with Crippen molar-refractivity contribution in [1.82, 2.24) is 25.5 Å². The van der Waals surface area contributed by atoms with Gasteiger partial charge in [-0.15, -0.1) is 10.2 Å². The maximum Gasteiger partial charge on any atom is 0.391 e. The summed E-state index contributed by atoms with van der Waals surface area (Å²) in [5, 5.41) is 24.2. The minimum atomic E-state index is -4.31. The molecular weight excluding hydrogens is 388 g/mol. The van der Waals surface area contributed by atoms with E-state index in [0.29, 0.717) is 0 Å². The first-order valence-corrected chi connectivity index (χ1v) is 8.10. The van der Waals surface area contributed by atoms with E-state index in [1.54, 1.807) is 0 Å². The van der Waals surface area contributed by atoms with Gasteiger partial charge < -0.3 is 15.3 Å². The number of tetrazole rings is 1. The summed E-state index contributed by atoms with van der Waals surface area (Å²) in [5.74, 6) is -4.36. The first-order chi connectivity index (χ1) is 13.2. The molecule has 150 valence electrons. The quantitative estimate of drug-likeness (QED) is 0.678. The number of carboxylic acid groups (broad SMARTS) is 1. The Bertz CT molecular complexity index is 879. The molecule has 0 bridgehead atoms. The molecule has 1 aromatic heterocycles. The molecule has 1 aliphatic rings. The number of likely N-dealkylation sites (tertiary alicyclic amines) is 1. The zero-order chi connectivity index (χ0) is 20.5. The van der Waals surface area contributed by atoms with Crippen molar-refractivity contribution in [1.29, 1.82) is 0 Å². The van der Waals surface area contributed by atoms with Crippen molar-refractivity contribution in [2.45, 2.75) is 19.0 Å². The van der Waals surface area contributed by atoms with Crippen LogP contribution in [0.25, 0.3) is 11.4 Å². The van der Waals surface area contributed by atoms with Crippen molar-refractivity contribution < 1.29 is 32.3 Å². The molecule has 9 nitrogen and oxygen atoms in total. The molecule has 0 unspecified atom stereocenters. The lowest BCUT2D eigenvalue weighted by Crippen LogP contribution is -2.44. The Balaban J connectivity index is 1.78. The van der Waals surface area contributed by atoms with E-state index in [1.165, 1.54) is 4.90 Å². The summed E-state index contributed by atoms with van der Waals surface area (Å²) in [6, 6.07) is 1.23. The van der Waals surface area contributed by atoms with E-state index in [1.807, 2.05) is 0 Å². The Hall–Kier alpha value is -3.25. The second-order valence-electron chi connectivity index (χ2n) is 6.15. The lowest BCUT2D eigenvalue weighted by Gasteiger charge is -2.32. The van der Waals surface area contributed by atoms with Gasteiger partial charge >= 0.3 is 18.2 Å². The van der Waals surface area contributed by atoms with Gasteiger partial charge in [0.15, 0.2) is 0 Å². The molecule has 3 rings (SSSR count). The number of halogens is 4. The Labute approximate surface area is 154 Å². The summed E-state index contributed by atoms with van der Waals surface area (Å²) in [5.41, 5.74) is -1.01. The van der Waals surface area contributed by atoms with Crippen molar-refractivity contribution in [3.63, 3.8) is 0 Å². The molecular formula is C15H14F4N6O3. The van der Waals surface area contributed by atoms with E-state index in [9.17, 15) is 32.3 Å². The van der Waals surface area contributed by atoms with Crippen molar-refractivity contribution in [3.8, 4) is 11.4 Å². The van der Waals surface area contributed by atoms with Crippen LogP contribution < -0.4 is 5.32 Å². The van der Waals surface area contributed by atoms with E-state index < -0.39 is 35.5 Å². The number of carbonyl (C=O) groups excluding carboxylic acids is 1. The first kappa shape index (κ1) is 19.5. The third-order valence-electron chi connectivity index (χ3n) is 4.39. The van der Waals surface area contributed by atoms with Gasteiger partial charge in [-0.05, 0) is 30.2 Å². The van der Waals surface area contributed by atoms with Gasteiger partial charge in [0.1, 0.15) is 11.4 Å². The maximum atomic E-state index is 14.3. The maximum absolute atomic E-state index is 14.3. The highest BCUT2D eigenvalue weighted by molar-refractivity contribution is 5.98. The Morgan fingerprint density at radius 3 is 2.46 bits per heavy atom. The monoisotopic (exact) mass is 402 g/mol. The fourth-order valence-electron chi connectivity index (χ4n) is 2.96. The molecule has 3 N–H and O–H groups in total. The van der Waals surface area contributed by atoms with Crippen LogP contribution in [0.3, 0.4) is 0 Å². The number of rotatable bonds is 3. The van der Waals surface area contributed by atoms with Crippen LogP contribution in [0.2, 0.25) is 0 Å². The Kier molecular flexibility index (Phi) is 5.16. The molecule has 2 amide bonds. The Morgan fingerprint density at radius 1 is 1.25 bits per heavy atom. The summed E-state index contributed by atoms with van der Waals surface area (Å²) >= 11 is 0. The van der Waals surface area contributed by atoms with Crippen LogP contribution >= 0.6 is 0 Å². The molecule has 0 aliphatic carbocycles. The van der Waals surface area contributed by atoms with Crippen LogP contribution in [0.1, 0.15) is 23.2 Å². The normalized spacial score (nSPS) is 15.5. The number of aromatic nitrogens is 4. The topological polar surface area (TPSA) is 124 Å². The van der Waals surface area contributed by atoms with Crippen LogP contribution in [0, 0.1) is 11.7 Å². The zero-order valence-electron chi connectivity index (χ0n) is 14.1. The summed E-state index contributed by atoms with van der Waals surface area (Å²) in [4.78, 5) is 24.8. The smallest absolute Gasteiger partial charge is 0.391 e. The molecule has 1 fully saturated rings. The fourth-order valence-corrected chi connectivity index (χ4v) is 2.96. The lowest BCUT2D eigenvalue weighted by molar-refractivity contribution is -0.183. The van der Waals surface area contributed by atoms with E-state index in [0.717, 1.165) is 12.1 Å². The molecule has 0 atom stereocenters. The Morgan fingerprint density at radius 2 is 1.93 bits per heavy atom. The highest BCUT2D eigenvalue weighted by Gasteiger charge is 2.41. The number of hydrogen-bond acceptors (Lipinski definition) is 5. The summed E-state index contributed by atoms with van der Waals surface area (Å²) < 4.78 is 52.4. The number of aromatic amines is 1. The molecule has 0 spiro atoms. The van der Waals surface area contributed by atoms with Crippen LogP contribution in [0.4, 0.5) is 28.0 Å². The van der Waals surface area contributed by atoms with E-state index in [-0.39, 0.29) is 43.0 Å². The number of anilines is 1. The van der Waals surface area contributed by atoms with E-state index >= 15 is 0 Å². The number of nitrogens with zero attached hydrogens (tertiary/aromatic N) is 4. The second-order valence-corrected chi connectivity index (χ2v) is 6.15. The predicted octanol–water partition coefficient (Wildman–Crippen LogP) is 2.51. The van der Waals surface area contributed by atoms with Gasteiger partial charge in [0.25, 0.3) is 0 Å². The minimum absolute atomic E-state index is 0.0924. The van der Waals surface area contributed by atoms with Crippen LogP contribution in [0.15, 0.2) is 12.1 Å². The largest absolute Gasteiger partial charge is 0.478 e. The van der Waals surface area contributed by atoms with Crippen molar-refractivity contribution in [2.24, 2.45) is 5.92 Å².